The number of nitrogens with zero attached hydrogens (tertiary/aromatic N) is 1. The van der Waals surface area contributed by atoms with Gasteiger partial charge in [-0.25, -0.2) is 4.79 Å². The van der Waals surface area contributed by atoms with Crippen LogP contribution in [0.4, 0.5) is 4.79 Å². The summed E-state index contributed by atoms with van der Waals surface area (Å²) in [6.45, 7) is 0.665. The van der Waals surface area contributed by atoms with Gasteiger partial charge in [-0.05, 0) is 46.9 Å². The number of aliphatic carboxylic acids is 1. The molecule has 0 unspecified atom stereocenters. The molecule has 1 amide bonds. The predicted molar refractivity (Wildman–Crippen MR) is 101 cm³/mol. The molecule has 2 fully saturated rings. The first-order valence-corrected chi connectivity index (χ1v) is 9.97. The maximum absolute atomic E-state index is 12.8. The highest BCUT2D eigenvalue weighted by Gasteiger charge is 2.47. The van der Waals surface area contributed by atoms with Crippen LogP contribution in [0.5, 0.6) is 0 Å². The number of carboxylic acid groups (broad SMARTS) is 1. The van der Waals surface area contributed by atoms with Gasteiger partial charge in [0, 0.05) is 12.5 Å². The molecule has 1 saturated heterocycles. The van der Waals surface area contributed by atoms with Crippen molar-refractivity contribution in [1.82, 2.24) is 4.90 Å². The summed E-state index contributed by atoms with van der Waals surface area (Å²) >= 11 is 0. The molecule has 0 radical (unpaired) electrons. The molecule has 0 spiro atoms. The molecule has 2 aliphatic carbocycles. The number of fused-ring (bicyclic) bond motifs is 4. The fraction of sp³-hybridized carbons (Fsp3) is 0.391. The third-order valence-electron chi connectivity index (χ3n) is 6.70. The Morgan fingerprint density at radius 2 is 1.64 bits per heavy atom. The van der Waals surface area contributed by atoms with Crippen molar-refractivity contribution in [1.29, 1.82) is 0 Å². The number of carbonyl (C=O) groups excluding carboxylic acids is 2. The molecule has 1 aliphatic heterocycles. The van der Waals surface area contributed by atoms with Crippen LogP contribution in [0.3, 0.4) is 0 Å². The van der Waals surface area contributed by atoms with Crippen molar-refractivity contribution in [3.8, 4) is 11.1 Å². The Kier molecular flexibility index (Phi) is 4.11. The van der Waals surface area contributed by atoms with Crippen molar-refractivity contribution in [3.05, 3.63) is 59.7 Å². The number of hydrogen-bond acceptors (Lipinski definition) is 4. The third kappa shape index (κ3) is 2.60. The highest BCUT2D eigenvalue weighted by molar-refractivity contribution is 5.81. The van der Waals surface area contributed by atoms with Gasteiger partial charge in [0.15, 0.2) is 0 Å². The molecule has 1 saturated carbocycles. The summed E-state index contributed by atoms with van der Waals surface area (Å²) in [7, 11) is 0. The smallest absolute Gasteiger partial charge is 0.410 e. The van der Waals surface area contributed by atoms with Gasteiger partial charge in [-0.3, -0.25) is 4.90 Å². The van der Waals surface area contributed by atoms with E-state index in [0.717, 1.165) is 30.4 Å². The quantitative estimate of drug-likeness (QED) is 0.826. The molecule has 3 aliphatic rings. The number of carboxylic acids is 1. The topological polar surface area (TPSA) is 69.7 Å². The summed E-state index contributed by atoms with van der Waals surface area (Å²) in [5.41, 5.74) is 4.63. The van der Waals surface area contributed by atoms with E-state index in [1.54, 1.807) is 0 Å². The Hall–Kier alpha value is -2.82. The van der Waals surface area contributed by atoms with Gasteiger partial charge in [0.1, 0.15) is 6.61 Å². The fourth-order valence-corrected chi connectivity index (χ4v) is 5.47. The molecule has 2 aromatic carbocycles. The molecule has 1 heterocycles. The van der Waals surface area contributed by atoms with E-state index >= 15 is 0 Å². The second-order valence-corrected chi connectivity index (χ2v) is 8.08. The molecular formula is C23H22NO4-. The van der Waals surface area contributed by atoms with Crippen molar-refractivity contribution in [3.63, 3.8) is 0 Å². The van der Waals surface area contributed by atoms with Crippen LogP contribution in [0, 0.1) is 11.8 Å². The van der Waals surface area contributed by atoms with Crippen LogP contribution in [0.1, 0.15) is 36.3 Å². The van der Waals surface area contributed by atoms with Gasteiger partial charge in [0.2, 0.25) is 0 Å². The largest absolute Gasteiger partial charge is 0.548 e. The second-order valence-electron chi connectivity index (χ2n) is 8.08. The van der Waals surface area contributed by atoms with Crippen molar-refractivity contribution in [2.75, 3.05) is 13.2 Å². The molecule has 144 valence electrons. The Morgan fingerprint density at radius 1 is 1.00 bits per heavy atom. The Labute approximate surface area is 163 Å². The lowest BCUT2D eigenvalue weighted by Crippen LogP contribution is -2.49. The molecule has 5 rings (SSSR count). The van der Waals surface area contributed by atoms with Crippen LogP contribution >= 0.6 is 0 Å². The Balaban J connectivity index is 1.35. The van der Waals surface area contributed by atoms with Crippen molar-refractivity contribution in [2.45, 2.75) is 31.2 Å². The molecular weight excluding hydrogens is 354 g/mol. The van der Waals surface area contributed by atoms with E-state index in [-0.39, 0.29) is 24.4 Å². The summed E-state index contributed by atoms with van der Waals surface area (Å²) in [5.74, 6) is -0.934. The molecule has 5 nitrogen and oxygen atoms in total. The third-order valence-corrected chi connectivity index (χ3v) is 6.70. The molecule has 0 aromatic heterocycles. The number of ether oxygens (including phenoxy) is 1. The van der Waals surface area contributed by atoms with E-state index in [1.807, 2.05) is 24.3 Å². The SMILES string of the molecule is O=C([O-])[C@@H]1[C@H]2CCC[C@H]2CN1C(=O)OCC1c2ccccc2-c2ccccc21. The lowest BCUT2D eigenvalue weighted by Gasteiger charge is -2.28. The van der Waals surface area contributed by atoms with E-state index in [2.05, 4.69) is 24.3 Å². The molecule has 28 heavy (non-hydrogen) atoms. The molecule has 0 bridgehead atoms. The zero-order chi connectivity index (χ0) is 19.3. The van der Waals surface area contributed by atoms with Gasteiger partial charge in [0.25, 0.3) is 0 Å². The summed E-state index contributed by atoms with van der Waals surface area (Å²) in [5, 5.41) is 11.7. The van der Waals surface area contributed by atoms with Gasteiger partial charge < -0.3 is 14.6 Å². The average molecular weight is 376 g/mol. The molecule has 3 atom stereocenters. The van der Waals surface area contributed by atoms with Gasteiger partial charge in [0.05, 0.1) is 12.0 Å². The zero-order valence-corrected chi connectivity index (χ0v) is 15.5. The van der Waals surface area contributed by atoms with Crippen LogP contribution < -0.4 is 5.11 Å². The average Bonchev–Trinajstić information content (AvgIpc) is 3.37. The number of benzene rings is 2. The van der Waals surface area contributed by atoms with Gasteiger partial charge >= 0.3 is 6.09 Å². The fourth-order valence-electron chi connectivity index (χ4n) is 5.47. The summed E-state index contributed by atoms with van der Waals surface area (Å²) in [6.07, 6.45) is 2.31. The number of amides is 1. The van der Waals surface area contributed by atoms with Crippen LogP contribution in [0.25, 0.3) is 11.1 Å². The summed E-state index contributed by atoms with van der Waals surface area (Å²) < 4.78 is 5.67. The number of rotatable bonds is 3. The highest BCUT2D eigenvalue weighted by Crippen LogP contribution is 2.45. The van der Waals surface area contributed by atoms with Crippen LogP contribution in [0.2, 0.25) is 0 Å². The van der Waals surface area contributed by atoms with Crippen LogP contribution in [0.15, 0.2) is 48.5 Å². The highest BCUT2D eigenvalue weighted by atomic mass is 16.6. The minimum atomic E-state index is -1.16. The maximum Gasteiger partial charge on any atom is 0.410 e. The van der Waals surface area contributed by atoms with Crippen LogP contribution in [-0.2, 0) is 9.53 Å². The number of hydrogen-bond donors (Lipinski definition) is 0. The van der Waals surface area contributed by atoms with E-state index < -0.39 is 18.1 Å². The Morgan fingerprint density at radius 3 is 2.29 bits per heavy atom. The lowest BCUT2D eigenvalue weighted by molar-refractivity contribution is -0.311. The molecule has 5 heteroatoms. The normalized spacial score (nSPS) is 25.3. The molecule has 0 N–H and O–H groups in total. The first-order valence-electron chi connectivity index (χ1n) is 9.97. The van der Waals surface area contributed by atoms with Crippen molar-refractivity contribution >= 4 is 12.1 Å². The van der Waals surface area contributed by atoms with E-state index in [4.69, 9.17) is 4.74 Å². The monoisotopic (exact) mass is 376 g/mol. The van der Waals surface area contributed by atoms with Crippen molar-refractivity contribution < 1.29 is 19.4 Å². The zero-order valence-electron chi connectivity index (χ0n) is 15.5. The minimum Gasteiger partial charge on any atom is -0.548 e. The van der Waals surface area contributed by atoms with Gasteiger partial charge in [-0.1, -0.05) is 55.0 Å². The summed E-state index contributed by atoms with van der Waals surface area (Å²) in [4.78, 5) is 25.9. The summed E-state index contributed by atoms with van der Waals surface area (Å²) in [6, 6.07) is 15.5. The number of carbonyl (C=O) groups is 2. The predicted octanol–water partition coefficient (Wildman–Crippen LogP) is 2.79. The van der Waals surface area contributed by atoms with Crippen molar-refractivity contribution in [2.24, 2.45) is 11.8 Å². The lowest BCUT2D eigenvalue weighted by atomic mass is 9.94. The second kappa shape index (κ2) is 6.66. The first-order chi connectivity index (χ1) is 13.6. The first kappa shape index (κ1) is 17.3. The van der Waals surface area contributed by atoms with E-state index in [9.17, 15) is 14.7 Å². The van der Waals surface area contributed by atoms with Crippen LogP contribution in [-0.4, -0.2) is 36.2 Å². The molecule has 2 aromatic rings. The maximum atomic E-state index is 12.8. The van der Waals surface area contributed by atoms with E-state index in [1.165, 1.54) is 16.0 Å². The standard InChI is InChI=1S/C23H23NO4/c25-22(26)21-15-11-5-6-14(15)12-24(21)23(27)28-13-20-18-9-3-1-7-16(18)17-8-2-4-10-19(17)20/h1-4,7-10,14-15,20-21H,5-6,11-13H2,(H,25,26)/p-1/t14-,15-,21-/m0/s1. The van der Waals surface area contributed by atoms with Gasteiger partial charge in [-0.2, -0.15) is 0 Å². The minimum absolute atomic E-state index is 0.00508. The number of likely N-dealkylation sites (tertiary alicyclic amines) is 1. The van der Waals surface area contributed by atoms with Gasteiger partial charge in [-0.15, -0.1) is 0 Å². The van der Waals surface area contributed by atoms with E-state index in [0.29, 0.717) is 6.54 Å². The Bertz CT molecular complexity index is 894.